The van der Waals surface area contributed by atoms with Crippen LogP contribution in [-0.2, 0) is 4.74 Å². The molecule has 0 fully saturated rings. The topological polar surface area (TPSA) is 73.2 Å². The molecule has 0 bridgehead atoms. The minimum atomic E-state index is -0.478. The van der Waals surface area contributed by atoms with Crippen molar-refractivity contribution in [3.8, 4) is 5.69 Å². The molecule has 0 spiro atoms. The minimum Gasteiger partial charge on any atom is -0.461 e. The van der Waals surface area contributed by atoms with Gasteiger partial charge < -0.3 is 10.1 Å². The van der Waals surface area contributed by atoms with E-state index in [4.69, 9.17) is 16.3 Å². The maximum atomic E-state index is 12.6. The number of esters is 1. The van der Waals surface area contributed by atoms with Crippen LogP contribution in [0.15, 0.2) is 59.6 Å². The summed E-state index contributed by atoms with van der Waals surface area (Å²) in [5.41, 5.74) is 1.90. The Labute approximate surface area is 171 Å². The van der Waals surface area contributed by atoms with Crippen LogP contribution in [0.2, 0.25) is 5.02 Å². The standard InChI is InChI=1S/C20H18ClN3O3S/c1-3-27-20(26)18-9-10-24(23-18)14-6-4-5-13(11-14)22-19(25)16-12-15(28-2)7-8-17(16)21/h4-12H,3H2,1-2H3,(H,22,25). The summed E-state index contributed by atoms with van der Waals surface area (Å²) in [7, 11) is 0. The predicted octanol–water partition coefficient (Wildman–Crippen LogP) is 4.68. The van der Waals surface area contributed by atoms with E-state index in [2.05, 4.69) is 10.4 Å². The van der Waals surface area contributed by atoms with Gasteiger partial charge in [-0.2, -0.15) is 5.10 Å². The predicted molar refractivity (Wildman–Crippen MR) is 111 cm³/mol. The van der Waals surface area contributed by atoms with Gasteiger partial charge in [-0.1, -0.05) is 17.7 Å². The second-order valence-corrected chi connectivity index (χ2v) is 7.00. The van der Waals surface area contributed by atoms with Crippen LogP contribution in [0.25, 0.3) is 5.69 Å². The van der Waals surface area contributed by atoms with Crippen molar-refractivity contribution >= 4 is 40.9 Å². The molecule has 1 amide bonds. The first-order valence-electron chi connectivity index (χ1n) is 8.50. The van der Waals surface area contributed by atoms with E-state index in [1.165, 1.54) is 11.8 Å². The molecule has 144 valence electrons. The number of halogens is 1. The number of amides is 1. The molecule has 1 heterocycles. The lowest BCUT2D eigenvalue weighted by molar-refractivity contribution is 0.0519. The Morgan fingerprint density at radius 1 is 1.21 bits per heavy atom. The average Bonchev–Trinajstić information content (AvgIpc) is 3.19. The largest absolute Gasteiger partial charge is 0.461 e. The fourth-order valence-electron chi connectivity index (χ4n) is 2.51. The maximum Gasteiger partial charge on any atom is 0.358 e. The fraction of sp³-hybridized carbons (Fsp3) is 0.150. The van der Waals surface area contributed by atoms with Crippen LogP contribution in [0.4, 0.5) is 5.69 Å². The van der Waals surface area contributed by atoms with E-state index >= 15 is 0 Å². The van der Waals surface area contributed by atoms with Gasteiger partial charge in [-0.25, -0.2) is 9.48 Å². The van der Waals surface area contributed by atoms with Gasteiger partial charge in [0.05, 0.1) is 22.9 Å². The van der Waals surface area contributed by atoms with Gasteiger partial charge in [-0.15, -0.1) is 11.8 Å². The molecule has 1 N–H and O–H groups in total. The van der Waals surface area contributed by atoms with Crippen LogP contribution in [0.5, 0.6) is 0 Å². The quantitative estimate of drug-likeness (QED) is 0.467. The summed E-state index contributed by atoms with van der Waals surface area (Å²) in [6, 6.07) is 14.0. The molecule has 0 atom stereocenters. The maximum absolute atomic E-state index is 12.6. The third-order valence-electron chi connectivity index (χ3n) is 3.86. The van der Waals surface area contributed by atoms with Gasteiger partial charge in [0.25, 0.3) is 5.91 Å². The van der Waals surface area contributed by atoms with Crippen molar-refractivity contribution in [3.63, 3.8) is 0 Å². The number of thioether (sulfide) groups is 1. The van der Waals surface area contributed by atoms with Crippen LogP contribution >= 0.6 is 23.4 Å². The van der Waals surface area contributed by atoms with Gasteiger partial charge in [0.1, 0.15) is 0 Å². The SMILES string of the molecule is CCOC(=O)c1ccn(-c2cccc(NC(=O)c3cc(SC)ccc3Cl)c2)n1. The van der Waals surface area contributed by atoms with E-state index < -0.39 is 5.97 Å². The Hall–Kier alpha value is -2.77. The zero-order valence-corrected chi connectivity index (χ0v) is 16.9. The van der Waals surface area contributed by atoms with Crippen molar-refractivity contribution in [2.45, 2.75) is 11.8 Å². The number of anilines is 1. The van der Waals surface area contributed by atoms with Crippen LogP contribution in [0.3, 0.4) is 0 Å². The number of hydrogen-bond acceptors (Lipinski definition) is 5. The number of rotatable bonds is 6. The Bertz CT molecular complexity index is 1020. The van der Waals surface area contributed by atoms with Gasteiger partial charge >= 0.3 is 5.97 Å². The van der Waals surface area contributed by atoms with E-state index in [0.29, 0.717) is 22.0 Å². The summed E-state index contributed by atoms with van der Waals surface area (Å²) >= 11 is 7.71. The first-order chi connectivity index (χ1) is 13.5. The first kappa shape index (κ1) is 20.0. The fourth-order valence-corrected chi connectivity index (χ4v) is 3.15. The molecule has 0 saturated carbocycles. The van der Waals surface area contributed by atoms with Crippen molar-refractivity contribution in [1.29, 1.82) is 0 Å². The van der Waals surface area contributed by atoms with Gasteiger partial charge in [0.15, 0.2) is 5.69 Å². The Morgan fingerprint density at radius 2 is 2.04 bits per heavy atom. The van der Waals surface area contributed by atoms with Crippen molar-refractivity contribution < 1.29 is 14.3 Å². The molecule has 0 saturated heterocycles. The second-order valence-electron chi connectivity index (χ2n) is 5.72. The van der Waals surface area contributed by atoms with E-state index in [9.17, 15) is 9.59 Å². The van der Waals surface area contributed by atoms with E-state index in [1.54, 1.807) is 54.2 Å². The molecule has 0 aliphatic rings. The molecule has 0 aliphatic heterocycles. The Morgan fingerprint density at radius 3 is 2.79 bits per heavy atom. The number of aromatic nitrogens is 2. The van der Waals surface area contributed by atoms with Crippen LogP contribution in [0.1, 0.15) is 27.8 Å². The van der Waals surface area contributed by atoms with E-state index in [0.717, 1.165) is 4.90 Å². The highest BCUT2D eigenvalue weighted by molar-refractivity contribution is 7.98. The van der Waals surface area contributed by atoms with Gasteiger partial charge in [0, 0.05) is 16.8 Å². The number of nitrogens with one attached hydrogen (secondary N) is 1. The molecule has 1 aromatic heterocycles. The molecule has 0 aliphatic carbocycles. The number of nitrogens with zero attached hydrogens (tertiary/aromatic N) is 2. The highest BCUT2D eigenvalue weighted by Gasteiger charge is 2.13. The number of carbonyl (C=O) groups is 2. The molecule has 3 aromatic rings. The Kier molecular flexibility index (Phi) is 6.38. The monoisotopic (exact) mass is 415 g/mol. The highest BCUT2D eigenvalue weighted by Crippen LogP contribution is 2.24. The molecule has 2 aromatic carbocycles. The van der Waals surface area contributed by atoms with Crippen molar-refractivity contribution in [1.82, 2.24) is 9.78 Å². The van der Waals surface area contributed by atoms with E-state index in [1.807, 2.05) is 18.4 Å². The second kappa shape index (κ2) is 8.95. The lowest BCUT2D eigenvalue weighted by Crippen LogP contribution is -2.13. The van der Waals surface area contributed by atoms with Crippen LogP contribution in [-0.4, -0.2) is 34.5 Å². The Balaban J connectivity index is 1.80. The number of hydrogen-bond donors (Lipinski definition) is 1. The van der Waals surface area contributed by atoms with Gasteiger partial charge in [-0.3, -0.25) is 4.79 Å². The van der Waals surface area contributed by atoms with Gasteiger partial charge in [-0.05, 0) is 55.6 Å². The zero-order valence-electron chi connectivity index (χ0n) is 15.3. The van der Waals surface area contributed by atoms with Crippen molar-refractivity contribution in [3.05, 3.63) is 71.0 Å². The lowest BCUT2D eigenvalue weighted by Gasteiger charge is -2.10. The lowest BCUT2D eigenvalue weighted by atomic mass is 10.2. The smallest absolute Gasteiger partial charge is 0.358 e. The molecule has 6 nitrogen and oxygen atoms in total. The van der Waals surface area contributed by atoms with Gasteiger partial charge in [0.2, 0.25) is 0 Å². The zero-order chi connectivity index (χ0) is 20.1. The molecular weight excluding hydrogens is 398 g/mol. The van der Waals surface area contributed by atoms with Crippen LogP contribution in [0, 0.1) is 0 Å². The summed E-state index contributed by atoms with van der Waals surface area (Å²) < 4.78 is 6.49. The molecule has 0 radical (unpaired) electrons. The third kappa shape index (κ3) is 4.55. The minimum absolute atomic E-state index is 0.219. The summed E-state index contributed by atoms with van der Waals surface area (Å²) in [5.74, 6) is -0.778. The summed E-state index contributed by atoms with van der Waals surface area (Å²) in [4.78, 5) is 25.4. The number of ether oxygens (including phenoxy) is 1. The average molecular weight is 416 g/mol. The highest BCUT2D eigenvalue weighted by atomic mass is 35.5. The van der Waals surface area contributed by atoms with E-state index in [-0.39, 0.29) is 18.2 Å². The normalized spacial score (nSPS) is 10.5. The third-order valence-corrected chi connectivity index (χ3v) is 4.92. The molecule has 8 heteroatoms. The molecule has 28 heavy (non-hydrogen) atoms. The number of benzene rings is 2. The van der Waals surface area contributed by atoms with Crippen molar-refractivity contribution in [2.24, 2.45) is 0 Å². The first-order valence-corrected chi connectivity index (χ1v) is 10.1. The molecule has 0 unspecified atom stereocenters. The molecular formula is C20H18ClN3O3S. The summed E-state index contributed by atoms with van der Waals surface area (Å²) in [6.45, 7) is 2.02. The molecule has 3 rings (SSSR count). The summed E-state index contributed by atoms with van der Waals surface area (Å²) in [6.07, 6.45) is 3.59. The summed E-state index contributed by atoms with van der Waals surface area (Å²) in [5, 5.41) is 7.45. The van der Waals surface area contributed by atoms with Crippen LogP contribution < -0.4 is 5.32 Å². The number of carbonyl (C=O) groups excluding carboxylic acids is 2. The van der Waals surface area contributed by atoms with Crippen molar-refractivity contribution in [2.75, 3.05) is 18.2 Å².